The molecule has 2 nitrogen and oxygen atoms in total. The highest BCUT2D eigenvalue weighted by atomic mass is 15.2. The molecule has 2 atom stereocenters. The van der Waals surface area contributed by atoms with Crippen LogP contribution in [0, 0.1) is 0 Å². The van der Waals surface area contributed by atoms with Crippen molar-refractivity contribution in [1.82, 2.24) is 10.2 Å². The molecule has 0 bridgehead atoms. The van der Waals surface area contributed by atoms with Crippen molar-refractivity contribution in [2.24, 2.45) is 0 Å². The van der Waals surface area contributed by atoms with Crippen molar-refractivity contribution in [3.05, 3.63) is 35.4 Å². The first-order chi connectivity index (χ1) is 9.78. The Morgan fingerprint density at radius 3 is 2.55 bits per heavy atom. The molecule has 2 heteroatoms. The van der Waals surface area contributed by atoms with Crippen molar-refractivity contribution in [3.63, 3.8) is 0 Å². The van der Waals surface area contributed by atoms with Gasteiger partial charge < -0.3 is 5.32 Å². The summed E-state index contributed by atoms with van der Waals surface area (Å²) in [4.78, 5) is 2.61. The van der Waals surface area contributed by atoms with Gasteiger partial charge in [-0.1, -0.05) is 45.0 Å². The summed E-state index contributed by atoms with van der Waals surface area (Å²) in [6.45, 7) is 10.4. The number of benzene rings is 1. The maximum Gasteiger partial charge on any atom is 0.0318 e. The molecule has 1 fully saturated rings. The minimum absolute atomic E-state index is 0.500. The zero-order valence-electron chi connectivity index (χ0n) is 13.4. The Balaban J connectivity index is 1.91. The van der Waals surface area contributed by atoms with Crippen LogP contribution in [0.5, 0.6) is 0 Å². The largest absolute Gasteiger partial charge is 0.308 e. The molecular formula is C18H30N2. The molecule has 2 unspecified atom stereocenters. The van der Waals surface area contributed by atoms with Gasteiger partial charge in [-0.05, 0) is 49.9 Å². The number of likely N-dealkylation sites (tertiary alicyclic amines) is 1. The summed E-state index contributed by atoms with van der Waals surface area (Å²) in [5.41, 5.74) is 2.86. The van der Waals surface area contributed by atoms with E-state index in [1.807, 2.05) is 0 Å². The highest BCUT2D eigenvalue weighted by molar-refractivity contribution is 5.25. The van der Waals surface area contributed by atoms with Crippen LogP contribution in [0.1, 0.15) is 57.2 Å². The third-order valence-corrected chi connectivity index (χ3v) is 4.70. The lowest BCUT2D eigenvalue weighted by Crippen LogP contribution is -2.39. The van der Waals surface area contributed by atoms with Gasteiger partial charge in [0, 0.05) is 18.6 Å². The first-order valence-corrected chi connectivity index (χ1v) is 8.34. The van der Waals surface area contributed by atoms with E-state index in [1.54, 1.807) is 0 Å². The molecule has 2 rings (SSSR count). The molecule has 1 N–H and O–H groups in total. The fourth-order valence-electron chi connectivity index (χ4n) is 3.30. The Hall–Kier alpha value is -0.860. The Morgan fingerprint density at radius 1 is 1.20 bits per heavy atom. The van der Waals surface area contributed by atoms with E-state index in [0.29, 0.717) is 6.04 Å². The average molecular weight is 274 g/mol. The van der Waals surface area contributed by atoms with Crippen molar-refractivity contribution >= 4 is 0 Å². The minimum Gasteiger partial charge on any atom is -0.308 e. The number of nitrogens with zero attached hydrogens (tertiary/aromatic N) is 1. The van der Waals surface area contributed by atoms with E-state index in [-0.39, 0.29) is 0 Å². The maximum absolute atomic E-state index is 3.79. The summed E-state index contributed by atoms with van der Waals surface area (Å²) in [7, 11) is 0. The van der Waals surface area contributed by atoms with E-state index in [0.717, 1.165) is 25.4 Å². The van der Waals surface area contributed by atoms with E-state index < -0.39 is 0 Å². The smallest absolute Gasteiger partial charge is 0.0318 e. The summed E-state index contributed by atoms with van der Waals surface area (Å²) < 4.78 is 0. The Kier molecular flexibility index (Phi) is 6.06. The van der Waals surface area contributed by atoms with Crippen molar-refractivity contribution in [3.8, 4) is 0 Å². The van der Waals surface area contributed by atoms with Crippen molar-refractivity contribution < 1.29 is 0 Å². The van der Waals surface area contributed by atoms with Crippen molar-refractivity contribution in [2.45, 2.75) is 58.5 Å². The molecule has 1 saturated heterocycles. The highest BCUT2D eigenvalue weighted by Crippen LogP contribution is 2.20. The van der Waals surface area contributed by atoms with Crippen LogP contribution in [-0.4, -0.2) is 30.6 Å². The van der Waals surface area contributed by atoms with Crippen LogP contribution in [-0.2, 0) is 6.42 Å². The third kappa shape index (κ3) is 3.83. The molecule has 1 aliphatic rings. The fourth-order valence-corrected chi connectivity index (χ4v) is 3.30. The maximum atomic E-state index is 3.79. The number of likely N-dealkylation sites (N-methyl/N-ethyl adjacent to an activating group) is 1. The second-order valence-electron chi connectivity index (χ2n) is 5.89. The summed E-state index contributed by atoms with van der Waals surface area (Å²) in [6.07, 6.45) is 5.00. The minimum atomic E-state index is 0.500. The highest BCUT2D eigenvalue weighted by Gasteiger charge is 2.23. The Morgan fingerprint density at radius 2 is 1.95 bits per heavy atom. The lowest BCUT2D eigenvalue weighted by Gasteiger charge is -2.26. The summed E-state index contributed by atoms with van der Waals surface area (Å²) >= 11 is 0. The molecule has 20 heavy (non-hydrogen) atoms. The predicted octanol–water partition coefficient (Wildman–Crippen LogP) is 3.77. The summed E-state index contributed by atoms with van der Waals surface area (Å²) in [5.74, 6) is 0. The van der Waals surface area contributed by atoms with E-state index >= 15 is 0 Å². The molecular weight excluding hydrogens is 244 g/mol. The number of hydrogen-bond donors (Lipinski definition) is 1. The molecule has 1 aliphatic heterocycles. The van der Waals surface area contributed by atoms with Gasteiger partial charge in [-0.3, -0.25) is 4.90 Å². The van der Waals surface area contributed by atoms with Crippen LogP contribution >= 0.6 is 0 Å². The number of rotatable bonds is 7. The molecule has 0 spiro atoms. The molecule has 0 aliphatic carbocycles. The fraction of sp³-hybridized carbons (Fsp3) is 0.667. The van der Waals surface area contributed by atoms with Crippen molar-refractivity contribution in [2.75, 3.05) is 19.6 Å². The van der Waals surface area contributed by atoms with E-state index in [1.165, 1.54) is 37.1 Å². The molecule has 1 aromatic rings. The molecule has 0 saturated carbocycles. The number of hydrogen-bond acceptors (Lipinski definition) is 2. The van der Waals surface area contributed by atoms with E-state index in [9.17, 15) is 0 Å². The van der Waals surface area contributed by atoms with Crippen LogP contribution in [0.2, 0.25) is 0 Å². The average Bonchev–Trinajstić information content (AvgIpc) is 2.96. The van der Waals surface area contributed by atoms with Gasteiger partial charge in [-0.25, -0.2) is 0 Å². The monoisotopic (exact) mass is 274 g/mol. The van der Waals surface area contributed by atoms with Crippen molar-refractivity contribution in [1.29, 1.82) is 0 Å². The zero-order chi connectivity index (χ0) is 14.4. The first kappa shape index (κ1) is 15.5. The second kappa shape index (κ2) is 7.80. The molecule has 1 heterocycles. The van der Waals surface area contributed by atoms with Crippen LogP contribution < -0.4 is 5.32 Å². The molecule has 0 amide bonds. The van der Waals surface area contributed by atoms with E-state index in [2.05, 4.69) is 55.3 Å². The van der Waals surface area contributed by atoms with Crippen LogP contribution in [0.25, 0.3) is 0 Å². The molecule has 0 radical (unpaired) electrons. The van der Waals surface area contributed by atoms with Gasteiger partial charge in [0.15, 0.2) is 0 Å². The normalized spacial score (nSPS) is 21.2. The van der Waals surface area contributed by atoms with Crippen LogP contribution in [0.3, 0.4) is 0 Å². The summed E-state index contributed by atoms with van der Waals surface area (Å²) in [6, 6.07) is 10.4. The quantitative estimate of drug-likeness (QED) is 0.814. The number of aryl methyl sites for hydroxylation is 1. The van der Waals surface area contributed by atoms with Gasteiger partial charge in [-0.15, -0.1) is 0 Å². The van der Waals surface area contributed by atoms with Gasteiger partial charge in [0.25, 0.3) is 0 Å². The van der Waals surface area contributed by atoms with Gasteiger partial charge >= 0.3 is 0 Å². The van der Waals surface area contributed by atoms with Crippen LogP contribution in [0.15, 0.2) is 24.3 Å². The van der Waals surface area contributed by atoms with Gasteiger partial charge in [0.05, 0.1) is 0 Å². The lowest BCUT2D eigenvalue weighted by molar-refractivity contribution is 0.253. The van der Waals surface area contributed by atoms with Crippen LogP contribution in [0.4, 0.5) is 0 Å². The number of nitrogens with one attached hydrogen (secondary N) is 1. The zero-order valence-corrected chi connectivity index (χ0v) is 13.4. The Labute approximate surface area is 124 Å². The standard InChI is InChI=1S/C18H30N2/c1-4-15-9-11-16(12-10-15)18(5-2)19-14-17-8-7-13-20(17)6-3/h9-12,17-19H,4-8,13-14H2,1-3H3. The molecule has 1 aromatic carbocycles. The topological polar surface area (TPSA) is 15.3 Å². The van der Waals surface area contributed by atoms with Gasteiger partial charge in [-0.2, -0.15) is 0 Å². The SMILES string of the molecule is CCc1ccc(C(CC)NCC2CCCN2CC)cc1. The lowest BCUT2D eigenvalue weighted by atomic mass is 10.0. The summed E-state index contributed by atoms with van der Waals surface area (Å²) in [5, 5.41) is 3.79. The Bertz CT molecular complexity index is 385. The second-order valence-corrected chi connectivity index (χ2v) is 5.89. The first-order valence-electron chi connectivity index (χ1n) is 8.34. The molecule has 112 valence electrons. The third-order valence-electron chi connectivity index (χ3n) is 4.70. The molecule has 0 aromatic heterocycles. The van der Waals surface area contributed by atoms with E-state index in [4.69, 9.17) is 0 Å². The van der Waals surface area contributed by atoms with Gasteiger partial charge in [0.1, 0.15) is 0 Å². The van der Waals surface area contributed by atoms with Gasteiger partial charge in [0.2, 0.25) is 0 Å². The predicted molar refractivity (Wildman–Crippen MR) is 87.1 cm³/mol.